The molecule has 3 aromatic carbocycles. The van der Waals surface area contributed by atoms with E-state index >= 15 is 0 Å². The second-order valence-electron chi connectivity index (χ2n) is 6.97. The van der Waals surface area contributed by atoms with Crippen LogP contribution in [0.5, 0.6) is 0 Å². The van der Waals surface area contributed by atoms with E-state index in [-0.39, 0.29) is 21.2 Å². The lowest BCUT2D eigenvalue weighted by atomic mass is 10.1. The highest BCUT2D eigenvalue weighted by atomic mass is 79.9. The number of halogens is 5. The summed E-state index contributed by atoms with van der Waals surface area (Å²) in [4.78, 5) is 13.0. The van der Waals surface area contributed by atoms with E-state index in [2.05, 4.69) is 37.2 Å². The van der Waals surface area contributed by atoms with Crippen LogP contribution in [-0.2, 0) is 20.4 Å². The fourth-order valence-corrected chi connectivity index (χ4v) is 7.09. The van der Waals surface area contributed by atoms with Gasteiger partial charge in [-0.3, -0.25) is 4.79 Å². The summed E-state index contributed by atoms with van der Waals surface area (Å²) in [7, 11) is -3.76. The van der Waals surface area contributed by atoms with Crippen LogP contribution in [0.3, 0.4) is 0 Å². The van der Waals surface area contributed by atoms with Gasteiger partial charge >= 0.3 is 0 Å². The summed E-state index contributed by atoms with van der Waals surface area (Å²) in [6, 6.07) is 10.5. The number of hydrogen-bond acceptors (Lipinski definition) is 4. The number of rotatable bonds is 4. The van der Waals surface area contributed by atoms with Crippen molar-refractivity contribution >= 4 is 71.1 Å². The maximum atomic E-state index is 14.0. The van der Waals surface area contributed by atoms with Gasteiger partial charge in [0.05, 0.1) is 21.2 Å². The van der Waals surface area contributed by atoms with Crippen LogP contribution in [0.4, 0.5) is 18.9 Å². The number of anilines is 1. The minimum Gasteiger partial charge on any atom is -0.320 e. The highest BCUT2D eigenvalue weighted by Gasteiger charge is 2.26. The Kier molecular flexibility index (Phi) is 6.77. The van der Waals surface area contributed by atoms with Gasteiger partial charge in [0.2, 0.25) is 0 Å². The first-order valence-corrected chi connectivity index (χ1v) is 13.3. The average molecular weight is 619 g/mol. The van der Waals surface area contributed by atoms with Crippen LogP contribution in [0.2, 0.25) is 0 Å². The van der Waals surface area contributed by atoms with Crippen LogP contribution < -0.4 is 5.32 Å². The molecule has 0 aliphatic carbocycles. The molecule has 1 N–H and O–H groups in total. The average Bonchev–Trinajstić information content (AvgIpc) is 2.73. The van der Waals surface area contributed by atoms with Gasteiger partial charge in [0.25, 0.3) is 5.91 Å². The van der Waals surface area contributed by atoms with Crippen LogP contribution in [0.15, 0.2) is 72.2 Å². The molecule has 170 valence electrons. The Morgan fingerprint density at radius 3 is 2.24 bits per heavy atom. The number of carbonyl (C=O) groups excluding carboxylic acids is 1. The summed E-state index contributed by atoms with van der Waals surface area (Å²) in [5.74, 6) is -4.29. The minimum absolute atomic E-state index is 0.00727. The zero-order valence-electron chi connectivity index (χ0n) is 16.3. The monoisotopic (exact) mass is 617 g/mol. The number of carbonyl (C=O) groups is 1. The van der Waals surface area contributed by atoms with E-state index in [1.54, 1.807) is 18.2 Å². The third-order valence-corrected chi connectivity index (χ3v) is 8.94. The van der Waals surface area contributed by atoms with Crippen molar-refractivity contribution in [2.24, 2.45) is 0 Å². The fourth-order valence-electron chi connectivity index (χ4n) is 3.10. The normalized spacial score (nSPS) is 14.8. The van der Waals surface area contributed by atoms with Gasteiger partial charge in [-0.1, -0.05) is 49.7 Å². The lowest BCUT2D eigenvalue weighted by Crippen LogP contribution is -2.18. The number of amides is 1. The van der Waals surface area contributed by atoms with Crippen molar-refractivity contribution in [3.63, 3.8) is 0 Å². The molecule has 1 aliphatic heterocycles. The maximum absolute atomic E-state index is 14.0. The van der Waals surface area contributed by atoms with Crippen molar-refractivity contribution in [3.05, 3.63) is 91.0 Å². The van der Waals surface area contributed by atoms with E-state index in [0.29, 0.717) is 31.5 Å². The molecule has 11 heteroatoms. The van der Waals surface area contributed by atoms with E-state index in [0.717, 1.165) is 17.8 Å². The number of hydrogen-bond donors (Lipinski definition) is 1. The van der Waals surface area contributed by atoms with Crippen molar-refractivity contribution in [1.29, 1.82) is 0 Å². The van der Waals surface area contributed by atoms with Crippen LogP contribution in [0.25, 0.3) is 6.08 Å². The quantitative estimate of drug-likeness (QED) is 0.331. The summed E-state index contributed by atoms with van der Waals surface area (Å²) >= 11 is 7.63. The first kappa shape index (κ1) is 24.1. The van der Waals surface area contributed by atoms with E-state index in [4.69, 9.17) is 0 Å². The molecule has 0 spiro atoms. The largest absolute Gasteiger partial charge is 0.320 e. The Labute approximate surface area is 208 Å². The molecule has 0 radical (unpaired) electrons. The summed E-state index contributed by atoms with van der Waals surface area (Å²) in [5.41, 5.74) is 0.271. The number of benzene rings is 3. The molecular weight excluding hydrogens is 607 g/mol. The SMILES string of the molecule is O=C1Nc2cc(S(=O)(=O)Cc3c(Br)cccc3Br)ccc2SC1=Cc1c(F)cc(F)cc1F. The van der Waals surface area contributed by atoms with Crippen molar-refractivity contribution in [3.8, 4) is 0 Å². The molecule has 0 atom stereocenters. The van der Waals surface area contributed by atoms with Crippen LogP contribution in [0, 0.1) is 17.5 Å². The third-order valence-electron chi connectivity index (χ3n) is 4.72. The molecule has 0 aromatic heterocycles. The van der Waals surface area contributed by atoms with Gasteiger partial charge in [0.1, 0.15) is 17.5 Å². The molecule has 0 saturated heterocycles. The molecule has 1 heterocycles. The van der Waals surface area contributed by atoms with Gasteiger partial charge in [-0.2, -0.15) is 0 Å². The molecule has 0 fully saturated rings. The van der Waals surface area contributed by atoms with Crippen LogP contribution in [-0.4, -0.2) is 14.3 Å². The Balaban J connectivity index is 1.65. The second-order valence-corrected chi connectivity index (χ2v) is 11.7. The Morgan fingerprint density at radius 1 is 0.970 bits per heavy atom. The van der Waals surface area contributed by atoms with Crippen molar-refractivity contribution in [1.82, 2.24) is 0 Å². The minimum atomic E-state index is -3.76. The lowest BCUT2D eigenvalue weighted by molar-refractivity contribution is -0.112. The second kappa shape index (κ2) is 9.28. The summed E-state index contributed by atoms with van der Waals surface area (Å²) in [6.07, 6.45) is 0.988. The Morgan fingerprint density at radius 2 is 1.61 bits per heavy atom. The third kappa shape index (κ3) is 5.06. The first-order valence-electron chi connectivity index (χ1n) is 9.20. The van der Waals surface area contributed by atoms with E-state index < -0.39 is 38.8 Å². The topological polar surface area (TPSA) is 63.2 Å². The maximum Gasteiger partial charge on any atom is 0.262 e. The predicted octanol–water partition coefficient (Wildman–Crippen LogP) is 6.69. The summed E-state index contributed by atoms with van der Waals surface area (Å²) in [5, 5.41) is 2.55. The number of nitrogens with one attached hydrogen (secondary N) is 1. The number of thioether (sulfide) groups is 1. The van der Waals surface area contributed by atoms with E-state index in [1.165, 1.54) is 18.2 Å². The highest BCUT2D eigenvalue weighted by Crippen LogP contribution is 2.41. The predicted molar refractivity (Wildman–Crippen MR) is 128 cm³/mol. The molecule has 3 aromatic rings. The van der Waals surface area contributed by atoms with Crippen LogP contribution >= 0.6 is 43.6 Å². The smallest absolute Gasteiger partial charge is 0.262 e. The van der Waals surface area contributed by atoms with Crippen molar-refractivity contribution in [2.75, 3.05) is 5.32 Å². The molecule has 0 unspecified atom stereocenters. The van der Waals surface area contributed by atoms with Gasteiger partial charge in [-0.25, -0.2) is 21.6 Å². The van der Waals surface area contributed by atoms with Gasteiger partial charge < -0.3 is 5.32 Å². The van der Waals surface area contributed by atoms with Gasteiger partial charge in [0.15, 0.2) is 9.84 Å². The van der Waals surface area contributed by atoms with Crippen LogP contribution in [0.1, 0.15) is 11.1 Å². The zero-order chi connectivity index (χ0) is 23.9. The lowest BCUT2D eigenvalue weighted by Gasteiger charge is -2.20. The Hall–Kier alpha value is -2.08. The summed E-state index contributed by atoms with van der Waals surface area (Å²) < 4.78 is 68.3. The zero-order valence-corrected chi connectivity index (χ0v) is 21.1. The van der Waals surface area contributed by atoms with Crippen molar-refractivity contribution in [2.45, 2.75) is 15.5 Å². The number of fused-ring (bicyclic) bond motifs is 1. The molecule has 4 nitrogen and oxygen atoms in total. The molecule has 1 aliphatic rings. The van der Waals surface area contributed by atoms with Gasteiger partial charge in [-0.15, -0.1) is 0 Å². The van der Waals surface area contributed by atoms with Crippen molar-refractivity contribution < 1.29 is 26.4 Å². The van der Waals surface area contributed by atoms with E-state index in [9.17, 15) is 26.4 Å². The Bertz CT molecular complexity index is 1400. The summed E-state index contributed by atoms with van der Waals surface area (Å²) in [6.45, 7) is 0. The molecule has 0 saturated carbocycles. The molecule has 0 bridgehead atoms. The van der Waals surface area contributed by atoms with Gasteiger partial charge in [-0.05, 0) is 42.0 Å². The van der Waals surface area contributed by atoms with E-state index in [1.807, 2.05) is 0 Å². The molecule has 4 rings (SSSR count). The molecule has 33 heavy (non-hydrogen) atoms. The number of sulfone groups is 1. The fraction of sp³-hybridized carbons (Fsp3) is 0.0455. The first-order chi connectivity index (χ1) is 15.5. The van der Waals surface area contributed by atoms with Gasteiger partial charge in [0, 0.05) is 31.5 Å². The molecular formula is C22H12Br2F3NO3S2. The standard InChI is InChI=1S/C22H12Br2F3NO3S2/c23-15-2-1-3-16(24)14(15)10-33(30,31)12-4-5-20-19(8-12)28-22(29)21(32-20)9-13-17(26)6-11(25)7-18(13)27/h1-9H,10H2,(H,28,29). The molecule has 1 amide bonds. The highest BCUT2D eigenvalue weighted by molar-refractivity contribution is 9.11.